The summed E-state index contributed by atoms with van der Waals surface area (Å²) < 4.78 is 3.45. The molecule has 0 unspecified atom stereocenters. The zero-order valence-corrected chi connectivity index (χ0v) is 12.7. The van der Waals surface area contributed by atoms with E-state index in [9.17, 15) is 4.79 Å². The molecule has 0 spiro atoms. The molecule has 9 heteroatoms. The van der Waals surface area contributed by atoms with Crippen molar-refractivity contribution in [1.82, 2.24) is 34.7 Å². The lowest BCUT2D eigenvalue weighted by Gasteiger charge is -2.19. The average molecular weight is 302 g/mol. The molecule has 0 saturated carbocycles. The van der Waals surface area contributed by atoms with E-state index in [0.717, 1.165) is 0 Å². The molecule has 2 N–H and O–H groups in total. The van der Waals surface area contributed by atoms with Gasteiger partial charge in [0.2, 0.25) is 5.95 Å². The molecule has 3 heterocycles. The summed E-state index contributed by atoms with van der Waals surface area (Å²) in [6.07, 6.45) is 4.94. The first-order chi connectivity index (χ1) is 10.4. The number of hydrogen-bond acceptors (Lipinski definition) is 6. The van der Waals surface area contributed by atoms with Gasteiger partial charge in [-0.05, 0) is 20.8 Å². The fourth-order valence-electron chi connectivity index (χ4n) is 2.13. The third-order valence-electron chi connectivity index (χ3n) is 3.18. The fourth-order valence-corrected chi connectivity index (χ4v) is 2.13. The first-order valence-electron chi connectivity index (χ1n) is 7.01. The van der Waals surface area contributed by atoms with E-state index in [4.69, 9.17) is 0 Å². The van der Waals surface area contributed by atoms with Crippen LogP contribution in [0.3, 0.4) is 0 Å². The minimum atomic E-state index is -0.249. The number of anilines is 1. The van der Waals surface area contributed by atoms with E-state index in [1.807, 2.05) is 20.8 Å². The maximum absolute atomic E-state index is 12.1. The van der Waals surface area contributed by atoms with Crippen molar-refractivity contribution in [1.29, 1.82) is 0 Å². The molecule has 22 heavy (non-hydrogen) atoms. The smallest absolute Gasteiger partial charge is 0.263 e. The highest BCUT2D eigenvalue weighted by atomic mass is 16.1. The topological polar surface area (TPSA) is 106 Å². The van der Waals surface area contributed by atoms with Crippen LogP contribution in [0.4, 0.5) is 5.95 Å². The summed E-state index contributed by atoms with van der Waals surface area (Å²) in [6, 6.07) is 0. The Bertz CT molecular complexity index is 824. The number of hydrogen-bond donors (Lipinski definition) is 2. The Morgan fingerprint density at radius 3 is 2.86 bits per heavy atom. The maximum atomic E-state index is 12.1. The van der Waals surface area contributed by atoms with Gasteiger partial charge in [-0.3, -0.25) is 14.5 Å². The van der Waals surface area contributed by atoms with Gasteiger partial charge < -0.3 is 5.32 Å². The standard InChI is InChI=1S/C13H18N8O/c1-13(2,3)21-10-9(8-16-21)11(22)18-12(17-10)14-4-6-20-7-5-15-19-20/h5,7-8H,4,6H2,1-3H3,(H2,14,17,18,22). The molecule has 0 aliphatic carbocycles. The monoisotopic (exact) mass is 302 g/mol. The number of rotatable bonds is 4. The van der Waals surface area contributed by atoms with Crippen LogP contribution in [0.15, 0.2) is 23.4 Å². The summed E-state index contributed by atoms with van der Waals surface area (Å²) in [5.41, 5.74) is 0.115. The largest absolute Gasteiger partial charge is 0.354 e. The zero-order chi connectivity index (χ0) is 15.7. The van der Waals surface area contributed by atoms with Gasteiger partial charge in [0.05, 0.1) is 24.5 Å². The maximum Gasteiger partial charge on any atom is 0.263 e. The normalized spacial score (nSPS) is 12.0. The average Bonchev–Trinajstić information content (AvgIpc) is 3.06. The number of nitrogens with zero attached hydrogens (tertiary/aromatic N) is 6. The molecule has 0 fully saturated rings. The third kappa shape index (κ3) is 2.69. The molecule has 0 radical (unpaired) electrons. The van der Waals surface area contributed by atoms with E-state index >= 15 is 0 Å². The SMILES string of the molecule is CC(C)(C)n1ncc2c(=O)[nH]c(NCCn3ccnn3)nc21. The van der Waals surface area contributed by atoms with Crippen LogP contribution in [0.25, 0.3) is 11.0 Å². The minimum Gasteiger partial charge on any atom is -0.354 e. The Labute approximate surface area is 126 Å². The van der Waals surface area contributed by atoms with E-state index in [1.165, 1.54) is 0 Å². The van der Waals surface area contributed by atoms with Gasteiger partial charge >= 0.3 is 0 Å². The van der Waals surface area contributed by atoms with Crippen LogP contribution in [-0.4, -0.2) is 41.3 Å². The van der Waals surface area contributed by atoms with Crippen LogP contribution in [0.5, 0.6) is 0 Å². The van der Waals surface area contributed by atoms with Gasteiger partial charge in [0.25, 0.3) is 5.56 Å². The summed E-state index contributed by atoms with van der Waals surface area (Å²) in [6.45, 7) is 7.24. The van der Waals surface area contributed by atoms with Gasteiger partial charge in [-0.15, -0.1) is 5.10 Å². The van der Waals surface area contributed by atoms with Crippen molar-refractivity contribution in [2.45, 2.75) is 32.9 Å². The molecule has 0 aromatic carbocycles. The molecule has 0 atom stereocenters. The second-order valence-electron chi connectivity index (χ2n) is 5.97. The predicted octanol–water partition coefficient (Wildman–Crippen LogP) is 0.578. The lowest BCUT2D eigenvalue weighted by atomic mass is 10.1. The molecule has 0 saturated heterocycles. The Balaban J connectivity index is 1.86. The lowest BCUT2D eigenvalue weighted by molar-refractivity contribution is 0.366. The van der Waals surface area contributed by atoms with Crippen molar-refractivity contribution in [2.24, 2.45) is 0 Å². The zero-order valence-electron chi connectivity index (χ0n) is 12.7. The molecule has 0 aliphatic rings. The van der Waals surface area contributed by atoms with Crippen LogP contribution in [0.1, 0.15) is 20.8 Å². The fraction of sp³-hybridized carbons (Fsp3) is 0.462. The highest BCUT2D eigenvalue weighted by molar-refractivity contribution is 5.74. The van der Waals surface area contributed by atoms with E-state index in [2.05, 4.69) is 30.7 Å². The Kier molecular flexibility index (Phi) is 3.39. The molecule has 116 valence electrons. The summed E-state index contributed by atoms with van der Waals surface area (Å²) >= 11 is 0. The number of aromatic amines is 1. The molecule has 0 aliphatic heterocycles. The predicted molar refractivity (Wildman–Crippen MR) is 81.7 cm³/mol. The van der Waals surface area contributed by atoms with Gasteiger partial charge in [-0.25, -0.2) is 4.68 Å². The molecule has 3 aromatic rings. The summed E-state index contributed by atoms with van der Waals surface area (Å²) in [4.78, 5) is 19.3. The first kappa shape index (κ1) is 14.2. The molecular weight excluding hydrogens is 284 g/mol. The number of aromatic nitrogens is 7. The van der Waals surface area contributed by atoms with Crippen molar-refractivity contribution < 1.29 is 0 Å². The van der Waals surface area contributed by atoms with Crippen LogP contribution < -0.4 is 10.9 Å². The second kappa shape index (κ2) is 5.24. The van der Waals surface area contributed by atoms with Gasteiger partial charge in [-0.2, -0.15) is 10.1 Å². The van der Waals surface area contributed by atoms with E-state index in [-0.39, 0.29) is 11.1 Å². The van der Waals surface area contributed by atoms with E-state index < -0.39 is 0 Å². The van der Waals surface area contributed by atoms with Crippen LogP contribution >= 0.6 is 0 Å². The quantitative estimate of drug-likeness (QED) is 0.730. The van der Waals surface area contributed by atoms with Crippen LogP contribution in [-0.2, 0) is 12.1 Å². The number of nitrogens with one attached hydrogen (secondary N) is 2. The van der Waals surface area contributed by atoms with Crippen LogP contribution in [0.2, 0.25) is 0 Å². The van der Waals surface area contributed by atoms with Crippen molar-refractivity contribution in [3.05, 3.63) is 28.9 Å². The summed E-state index contributed by atoms with van der Waals surface area (Å²) in [7, 11) is 0. The van der Waals surface area contributed by atoms with E-state index in [0.29, 0.717) is 30.1 Å². The molecule has 9 nitrogen and oxygen atoms in total. The highest BCUT2D eigenvalue weighted by Crippen LogP contribution is 2.18. The van der Waals surface area contributed by atoms with Crippen LogP contribution in [0, 0.1) is 0 Å². The molecule has 0 bridgehead atoms. The Morgan fingerprint density at radius 1 is 1.36 bits per heavy atom. The Hall–Kier alpha value is -2.71. The van der Waals surface area contributed by atoms with Crippen molar-refractivity contribution in [2.75, 3.05) is 11.9 Å². The molecule has 3 rings (SSSR count). The van der Waals surface area contributed by atoms with Crippen molar-refractivity contribution >= 4 is 17.0 Å². The lowest BCUT2D eigenvalue weighted by Crippen LogP contribution is -2.24. The van der Waals surface area contributed by atoms with Gasteiger partial charge in [-0.1, -0.05) is 5.21 Å². The third-order valence-corrected chi connectivity index (χ3v) is 3.18. The highest BCUT2D eigenvalue weighted by Gasteiger charge is 2.19. The summed E-state index contributed by atoms with van der Waals surface area (Å²) in [5, 5.41) is 15.5. The van der Waals surface area contributed by atoms with Gasteiger partial charge in [0.1, 0.15) is 5.39 Å². The van der Waals surface area contributed by atoms with E-state index in [1.54, 1.807) is 28.0 Å². The van der Waals surface area contributed by atoms with Crippen molar-refractivity contribution in [3.63, 3.8) is 0 Å². The number of fused-ring (bicyclic) bond motifs is 1. The second-order valence-corrected chi connectivity index (χ2v) is 5.97. The van der Waals surface area contributed by atoms with Gasteiger partial charge in [0, 0.05) is 12.7 Å². The molecular formula is C13H18N8O. The minimum absolute atomic E-state index is 0.205. The Morgan fingerprint density at radius 2 is 2.18 bits per heavy atom. The first-order valence-corrected chi connectivity index (χ1v) is 7.01. The summed E-state index contributed by atoms with van der Waals surface area (Å²) in [5.74, 6) is 0.420. The van der Waals surface area contributed by atoms with Crippen molar-refractivity contribution in [3.8, 4) is 0 Å². The van der Waals surface area contributed by atoms with Gasteiger partial charge in [0.15, 0.2) is 5.65 Å². The molecule has 0 amide bonds. The molecule has 3 aromatic heterocycles. The number of H-pyrrole nitrogens is 1.